The second kappa shape index (κ2) is 9.58. The second-order valence-corrected chi connectivity index (χ2v) is 9.78. The standard InChI is InChI=1S/C28H28ClN3O4/c1-15-11-19(27-20(12-15)25(35)16(2)26(36-27)18-7-5-4-6-8-18)17(3)30-21-9-10-24(29)31-28(21)32-13-22(33)23(34)14-32/h4-12,17,22-23,30,33-34H,13-14H2,1-3H3/t17-,22+,23+/m1/s1. The first-order valence-electron chi connectivity index (χ1n) is 11.9. The van der Waals surface area contributed by atoms with Gasteiger partial charge >= 0.3 is 0 Å². The quantitative estimate of drug-likeness (QED) is 0.334. The Morgan fingerprint density at radius 2 is 1.78 bits per heavy atom. The maximum Gasteiger partial charge on any atom is 0.196 e. The zero-order valence-electron chi connectivity index (χ0n) is 20.3. The van der Waals surface area contributed by atoms with Crippen molar-refractivity contribution in [1.82, 2.24) is 4.98 Å². The minimum absolute atomic E-state index is 0.0545. The summed E-state index contributed by atoms with van der Waals surface area (Å²) in [6.07, 6.45) is -1.71. The van der Waals surface area contributed by atoms with Crippen LogP contribution in [0.2, 0.25) is 5.15 Å². The molecule has 0 aliphatic carbocycles. The van der Waals surface area contributed by atoms with Gasteiger partial charge in [0.2, 0.25) is 0 Å². The third kappa shape index (κ3) is 4.46. The minimum atomic E-state index is -0.856. The van der Waals surface area contributed by atoms with Gasteiger partial charge in [-0.05, 0) is 44.5 Å². The molecule has 0 spiro atoms. The Kier molecular flexibility index (Phi) is 6.47. The van der Waals surface area contributed by atoms with Gasteiger partial charge in [0.15, 0.2) is 11.2 Å². The van der Waals surface area contributed by atoms with Crippen molar-refractivity contribution in [2.24, 2.45) is 0 Å². The minimum Gasteiger partial charge on any atom is -0.455 e. The van der Waals surface area contributed by atoms with Crippen molar-refractivity contribution in [2.45, 2.75) is 39.0 Å². The van der Waals surface area contributed by atoms with Gasteiger partial charge in [0.05, 0.1) is 29.3 Å². The van der Waals surface area contributed by atoms with E-state index in [1.54, 1.807) is 13.0 Å². The number of fused-ring (bicyclic) bond motifs is 1. The molecule has 3 N–H and O–H groups in total. The Morgan fingerprint density at radius 1 is 1.08 bits per heavy atom. The fourth-order valence-corrected chi connectivity index (χ4v) is 4.93. The number of hydrogen-bond donors (Lipinski definition) is 3. The highest BCUT2D eigenvalue weighted by molar-refractivity contribution is 6.29. The summed E-state index contributed by atoms with van der Waals surface area (Å²) in [5, 5.41) is 24.4. The van der Waals surface area contributed by atoms with E-state index < -0.39 is 12.2 Å². The van der Waals surface area contributed by atoms with Crippen molar-refractivity contribution in [3.05, 3.63) is 86.7 Å². The van der Waals surface area contributed by atoms with E-state index in [0.717, 1.165) is 16.7 Å². The first-order valence-corrected chi connectivity index (χ1v) is 12.3. The van der Waals surface area contributed by atoms with E-state index in [9.17, 15) is 15.0 Å². The molecule has 5 rings (SSSR count). The third-order valence-corrected chi connectivity index (χ3v) is 6.88. The Balaban J connectivity index is 1.59. The van der Waals surface area contributed by atoms with E-state index in [0.29, 0.717) is 39.0 Å². The molecule has 4 aromatic rings. The smallest absolute Gasteiger partial charge is 0.196 e. The van der Waals surface area contributed by atoms with Crippen molar-refractivity contribution in [3.8, 4) is 11.3 Å². The van der Waals surface area contributed by atoms with Crippen LogP contribution in [-0.2, 0) is 0 Å². The first-order chi connectivity index (χ1) is 17.2. The molecule has 0 unspecified atom stereocenters. The molecule has 2 aromatic heterocycles. The summed E-state index contributed by atoms with van der Waals surface area (Å²) in [7, 11) is 0. The maximum absolute atomic E-state index is 13.4. The molecular formula is C28H28ClN3O4. The van der Waals surface area contributed by atoms with Crippen molar-refractivity contribution in [3.63, 3.8) is 0 Å². The SMILES string of the molecule is Cc1cc([C@@H](C)Nc2ccc(Cl)nc2N2C[C@H](O)[C@@H](O)C2)c2oc(-c3ccccc3)c(C)c(=O)c2c1. The van der Waals surface area contributed by atoms with Crippen LogP contribution in [-0.4, -0.2) is 40.5 Å². The second-order valence-electron chi connectivity index (χ2n) is 9.39. The van der Waals surface area contributed by atoms with E-state index in [1.807, 2.05) is 67.3 Å². The number of β-amino-alcohol motifs (C(OH)–C–C–N with tert-alkyl or cyclic N) is 2. The zero-order valence-corrected chi connectivity index (χ0v) is 21.1. The summed E-state index contributed by atoms with van der Waals surface area (Å²) in [4.78, 5) is 19.6. The highest BCUT2D eigenvalue weighted by Crippen LogP contribution is 2.35. The molecular weight excluding hydrogens is 478 g/mol. The number of rotatable bonds is 5. The highest BCUT2D eigenvalue weighted by Gasteiger charge is 2.32. The van der Waals surface area contributed by atoms with Crippen LogP contribution in [0.1, 0.15) is 29.7 Å². The third-order valence-electron chi connectivity index (χ3n) is 6.67. The Labute approximate surface area is 214 Å². The summed E-state index contributed by atoms with van der Waals surface area (Å²) < 4.78 is 6.43. The van der Waals surface area contributed by atoms with E-state index >= 15 is 0 Å². The van der Waals surface area contributed by atoms with Crippen LogP contribution in [0.5, 0.6) is 0 Å². The largest absolute Gasteiger partial charge is 0.455 e. The molecule has 1 fully saturated rings. The van der Waals surface area contributed by atoms with Crippen LogP contribution in [0.25, 0.3) is 22.3 Å². The van der Waals surface area contributed by atoms with Crippen LogP contribution in [0.3, 0.4) is 0 Å². The number of benzene rings is 2. The normalized spacial score (nSPS) is 18.6. The van der Waals surface area contributed by atoms with E-state index in [2.05, 4.69) is 10.3 Å². The zero-order chi connectivity index (χ0) is 25.6. The number of hydrogen-bond acceptors (Lipinski definition) is 7. The summed E-state index contributed by atoms with van der Waals surface area (Å²) in [6, 6.07) is 16.7. The fourth-order valence-electron chi connectivity index (χ4n) is 4.79. The molecule has 1 aliphatic heterocycles. The molecule has 36 heavy (non-hydrogen) atoms. The van der Waals surface area contributed by atoms with Gasteiger partial charge in [-0.2, -0.15) is 0 Å². The number of aliphatic hydroxyl groups is 2. The van der Waals surface area contributed by atoms with Crippen LogP contribution < -0.4 is 15.6 Å². The van der Waals surface area contributed by atoms with Gasteiger partial charge in [-0.15, -0.1) is 0 Å². The number of halogens is 1. The molecule has 1 saturated heterocycles. The first kappa shape index (κ1) is 24.3. The summed E-state index contributed by atoms with van der Waals surface area (Å²) >= 11 is 6.19. The summed E-state index contributed by atoms with van der Waals surface area (Å²) in [5.74, 6) is 1.10. The van der Waals surface area contributed by atoms with Gasteiger partial charge in [0.25, 0.3) is 0 Å². The van der Waals surface area contributed by atoms with E-state index in [1.165, 1.54) is 0 Å². The maximum atomic E-state index is 13.4. The predicted octanol–water partition coefficient (Wildman–Crippen LogP) is 4.84. The van der Waals surface area contributed by atoms with Gasteiger partial charge in [-0.1, -0.05) is 48.0 Å². The molecule has 8 heteroatoms. The number of aliphatic hydroxyl groups excluding tert-OH is 2. The van der Waals surface area contributed by atoms with Gasteiger partial charge in [0.1, 0.15) is 16.5 Å². The lowest BCUT2D eigenvalue weighted by atomic mass is 9.99. The Morgan fingerprint density at radius 3 is 2.47 bits per heavy atom. The van der Waals surface area contributed by atoms with Crippen molar-refractivity contribution in [2.75, 3.05) is 23.3 Å². The van der Waals surface area contributed by atoms with Crippen molar-refractivity contribution in [1.29, 1.82) is 0 Å². The molecule has 2 aromatic carbocycles. The average molecular weight is 506 g/mol. The molecule has 3 heterocycles. The Hall–Kier alpha value is -3.39. The molecule has 0 bridgehead atoms. The van der Waals surface area contributed by atoms with Crippen LogP contribution in [0.15, 0.2) is 63.8 Å². The lowest BCUT2D eigenvalue weighted by molar-refractivity contribution is 0.0572. The van der Waals surface area contributed by atoms with Crippen LogP contribution in [0.4, 0.5) is 11.5 Å². The van der Waals surface area contributed by atoms with Gasteiger partial charge in [-0.25, -0.2) is 4.98 Å². The number of pyridine rings is 1. The molecule has 186 valence electrons. The lowest BCUT2D eigenvalue weighted by Gasteiger charge is -2.24. The molecule has 0 radical (unpaired) electrons. The van der Waals surface area contributed by atoms with Gasteiger partial charge < -0.3 is 24.8 Å². The number of aryl methyl sites for hydroxylation is 1. The van der Waals surface area contributed by atoms with Crippen LogP contribution in [0, 0.1) is 13.8 Å². The number of nitrogens with zero attached hydrogens (tertiary/aromatic N) is 2. The molecule has 7 nitrogen and oxygen atoms in total. The number of anilines is 2. The summed E-state index contributed by atoms with van der Waals surface area (Å²) in [6.45, 7) is 6.24. The number of nitrogens with one attached hydrogen (secondary N) is 1. The van der Waals surface area contributed by atoms with Crippen molar-refractivity contribution < 1.29 is 14.6 Å². The fraction of sp³-hybridized carbons (Fsp3) is 0.286. The number of aromatic nitrogens is 1. The highest BCUT2D eigenvalue weighted by atomic mass is 35.5. The van der Waals surface area contributed by atoms with E-state index in [-0.39, 0.29) is 24.6 Å². The molecule has 3 atom stereocenters. The summed E-state index contributed by atoms with van der Waals surface area (Å²) in [5.41, 5.74) is 4.37. The molecule has 1 aliphatic rings. The average Bonchev–Trinajstić information content (AvgIpc) is 3.20. The Bertz CT molecular complexity index is 1480. The van der Waals surface area contributed by atoms with Crippen molar-refractivity contribution >= 4 is 34.1 Å². The topological polar surface area (TPSA) is 98.8 Å². The molecule has 0 amide bonds. The van der Waals surface area contributed by atoms with E-state index in [4.69, 9.17) is 16.0 Å². The van der Waals surface area contributed by atoms with Gasteiger partial charge in [0, 0.05) is 29.8 Å². The monoisotopic (exact) mass is 505 g/mol. The van der Waals surface area contributed by atoms with Gasteiger partial charge in [-0.3, -0.25) is 4.79 Å². The molecule has 0 saturated carbocycles. The van der Waals surface area contributed by atoms with Crippen LogP contribution >= 0.6 is 11.6 Å². The lowest BCUT2D eigenvalue weighted by Crippen LogP contribution is -2.24. The predicted molar refractivity (Wildman–Crippen MR) is 143 cm³/mol.